The molecule has 1 aromatic carbocycles. The van der Waals surface area contributed by atoms with Crippen LogP contribution in [0.25, 0.3) is 0 Å². The third kappa shape index (κ3) is 4.73. The zero-order chi connectivity index (χ0) is 16.2. The minimum Gasteiger partial charge on any atom is -0.497 e. The Morgan fingerprint density at radius 1 is 1.23 bits per heavy atom. The minimum absolute atomic E-state index is 0.0229. The average molecular weight is 326 g/mol. The van der Waals surface area contributed by atoms with Crippen molar-refractivity contribution in [2.45, 2.75) is 12.8 Å². The molecule has 0 aliphatic rings. The van der Waals surface area contributed by atoms with Gasteiger partial charge in [-0.2, -0.15) is 0 Å². The van der Waals surface area contributed by atoms with Gasteiger partial charge in [-0.1, -0.05) is 12.1 Å². The zero-order valence-corrected chi connectivity index (χ0v) is 12.7. The maximum atomic E-state index is 11.8. The number of benzene rings is 1. The van der Waals surface area contributed by atoms with Crippen molar-refractivity contribution in [2.24, 2.45) is 0 Å². The Hall–Kier alpha value is -2.08. The lowest BCUT2D eigenvalue weighted by Gasteiger charge is -2.07. The highest BCUT2D eigenvalue weighted by Gasteiger charge is 2.17. The van der Waals surface area contributed by atoms with Gasteiger partial charge in [0.1, 0.15) is 30.5 Å². The highest BCUT2D eigenvalue weighted by molar-refractivity contribution is 7.50. The Balaban J connectivity index is 2.03. The van der Waals surface area contributed by atoms with Gasteiger partial charge in [-0.05, 0) is 17.7 Å². The second-order valence-electron chi connectivity index (χ2n) is 4.53. The van der Waals surface area contributed by atoms with Crippen molar-refractivity contribution in [1.82, 2.24) is 0 Å². The molecule has 0 bridgehead atoms. The summed E-state index contributed by atoms with van der Waals surface area (Å²) in [6.07, 6.45) is 0.428. The van der Waals surface area contributed by atoms with Crippen molar-refractivity contribution in [3.63, 3.8) is 0 Å². The smallest absolute Gasteiger partial charge is 0.333 e. The molecule has 7 nitrogen and oxygen atoms in total. The van der Waals surface area contributed by atoms with Crippen LogP contribution in [0.4, 0.5) is 0 Å². The van der Waals surface area contributed by atoms with Gasteiger partial charge in [0.05, 0.1) is 7.11 Å². The van der Waals surface area contributed by atoms with Crippen molar-refractivity contribution >= 4 is 7.60 Å². The Labute approximate surface area is 126 Å². The molecular weight excluding hydrogens is 311 g/mol. The van der Waals surface area contributed by atoms with E-state index in [0.717, 1.165) is 17.9 Å². The second kappa shape index (κ2) is 6.79. The van der Waals surface area contributed by atoms with Crippen LogP contribution in [0.15, 0.2) is 45.8 Å². The van der Waals surface area contributed by atoms with Crippen molar-refractivity contribution in [1.29, 1.82) is 0 Å². The molecule has 2 N–H and O–H groups in total. The molecule has 1 aromatic heterocycles. The highest BCUT2D eigenvalue weighted by atomic mass is 31.2. The van der Waals surface area contributed by atoms with Crippen molar-refractivity contribution in [3.05, 3.63) is 58.1 Å². The summed E-state index contributed by atoms with van der Waals surface area (Å²) < 4.78 is 26.2. The Bertz CT molecular complexity index is 730. The maximum Gasteiger partial charge on any atom is 0.333 e. The molecule has 0 amide bonds. The van der Waals surface area contributed by atoms with Crippen LogP contribution in [0.5, 0.6) is 11.5 Å². The van der Waals surface area contributed by atoms with E-state index in [1.807, 2.05) is 0 Å². The summed E-state index contributed by atoms with van der Waals surface area (Å²) in [5.41, 5.74) is 0.336. The second-order valence-corrected chi connectivity index (χ2v) is 6.18. The summed E-state index contributed by atoms with van der Waals surface area (Å²) in [6, 6.07) is 8.14. The molecule has 0 radical (unpaired) electrons. The normalized spacial score (nSPS) is 11.2. The molecule has 0 unspecified atom stereocenters. The molecule has 0 aliphatic carbocycles. The van der Waals surface area contributed by atoms with Crippen LogP contribution in [0, 0.1) is 0 Å². The lowest BCUT2D eigenvalue weighted by Crippen LogP contribution is -2.08. The van der Waals surface area contributed by atoms with Crippen LogP contribution >= 0.6 is 7.60 Å². The number of methoxy groups -OCH3 is 1. The summed E-state index contributed by atoms with van der Waals surface area (Å²) in [5.74, 6) is 0.602. The third-order valence-electron chi connectivity index (χ3n) is 2.77. The fourth-order valence-corrected chi connectivity index (χ4v) is 2.28. The molecule has 0 fully saturated rings. The molecule has 0 aliphatic heterocycles. The topological polar surface area (TPSA) is 106 Å². The molecule has 22 heavy (non-hydrogen) atoms. The van der Waals surface area contributed by atoms with Gasteiger partial charge in [0.15, 0.2) is 0 Å². The lowest BCUT2D eigenvalue weighted by molar-refractivity contribution is 0.289. The van der Waals surface area contributed by atoms with E-state index >= 15 is 0 Å². The quantitative estimate of drug-likeness (QED) is 0.781. The third-order valence-corrected chi connectivity index (χ3v) is 3.49. The SMILES string of the molecule is COc1ccc(COc2coc(CP(=O)(O)O)cc2=O)cc1. The predicted molar refractivity (Wildman–Crippen MR) is 78.1 cm³/mol. The Morgan fingerprint density at radius 2 is 1.91 bits per heavy atom. The van der Waals surface area contributed by atoms with Gasteiger partial charge in [-0.25, -0.2) is 0 Å². The van der Waals surface area contributed by atoms with E-state index in [2.05, 4.69) is 0 Å². The van der Waals surface area contributed by atoms with Crippen LogP contribution in [0.2, 0.25) is 0 Å². The number of ether oxygens (including phenoxy) is 2. The molecular formula is C14H15O7P. The molecule has 2 aromatic rings. The van der Waals surface area contributed by atoms with E-state index in [1.165, 1.54) is 0 Å². The van der Waals surface area contributed by atoms with Crippen molar-refractivity contribution in [2.75, 3.05) is 7.11 Å². The van der Waals surface area contributed by atoms with Gasteiger partial charge in [0, 0.05) is 6.07 Å². The van der Waals surface area contributed by atoms with E-state index in [1.54, 1.807) is 31.4 Å². The van der Waals surface area contributed by atoms with Crippen LogP contribution in [-0.2, 0) is 17.3 Å². The minimum atomic E-state index is -4.28. The van der Waals surface area contributed by atoms with Gasteiger partial charge < -0.3 is 23.7 Å². The van der Waals surface area contributed by atoms with E-state index in [9.17, 15) is 9.36 Å². The highest BCUT2D eigenvalue weighted by Crippen LogP contribution is 2.38. The van der Waals surface area contributed by atoms with Crippen molar-refractivity contribution < 1.29 is 28.2 Å². The maximum absolute atomic E-state index is 11.8. The van der Waals surface area contributed by atoms with Crippen LogP contribution < -0.4 is 14.9 Å². The van der Waals surface area contributed by atoms with Crippen molar-refractivity contribution in [3.8, 4) is 11.5 Å². The molecule has 0 atom stereocenters. The first-order chi connectivity index (χ1) is 10.4. The fraction of sp³-hybridized carbons (Fsp3) is 0.214. The Kier molecular flexibility index (Phi) is 5.03. The van der Waals surface area contributed by atoms with Gasteiger partial charge in [-0.15, -0.1) is 0 Å². The summed E-state index contributed by atoms with van der Waals surface area (Å²) >= 11 is 0. The summed E-state index contributed by atoms with van der Waals surface area (Å²) in [7, 11) is -2.71. The van der Waals surface area contributed by atoms with Gasteiger partial charge in [0.2, 0.25) is 11.2 Å². The first kappa shape index (κ1) is 16.3. The monoisotopic (exact) mass is 326 g/mol. The predicted octanol–water partition coefficient (Wildman–Crippen LogP) is 1.91. The lowest BCUT2D eigenvalue weighted by atomic mass is 10.2. The van der Waals surface area contributed by atoms with Crippen LogP contribution in [-0.4, -0.2) is 16.9 Å². The van der Waals surface area contributed by atoms with Crippen LogP contribution in [0.3, 0.4) is 0 Å². The Morgan fingerprint density at radius 3 is 2.45 bits per heavy atom. The van der Waals surface area contributed by atoms with E-state index in [0.29, 0.717) is 5.75 Å². The van der Waals surface area contributed by atoms with Gasteiger partial charge in [-0.3, -0.25) is 9.36 Å². The first-order valence-corrected chi connectivity index (χ1v) is 8.09. The van der Waals surface area contributed by atoms with E-state index in [4.69, 9.17) is 23.7 Å². The van der Waals surface area contributed by atoms with E-state index in [-0.39, 0.29) is 18.1 Å². The largest absolute Gasteiger partial charge is 0.497 e. The summed E-state index contributed by atoms with van der Waals surface area (Å²) in [6.45, 7) is 0.159. The molecule has 118 valence electrons. The molecule has 8 heteroatoms. The average Bonchev–Trinajstić information content (AvgIpc) is 2.45. The van der Waals surface area contributed by atoms with Gasteiger partial charge >= 0.3 is 7.60 Å². The molecule has 2 rings (SSSR count). The standard InChI is InChI=1S/C14H15O7P/c1-19-11-4-2-10(3-5-11)7-21-14-8-20-12(6-13(14)15)9-22(16,17)18/h2-6,8H,7,9H2,1H3,(H2,16,17,18). The van der Waals surface area contributed by atoms with Crippen LogP contribution in [0.1, 0.15) is 11.3 Å². The summed E-state index contributed by atoms with van der Waals surface area (Å²) in [4.78, 5) is 29.5. The molecule has 0 saturated carbocycles. The number of hydrogen-bond acceptors (Lipinski definition) is 5. The summed E-state index contributed by atoms with van der Waals surface area (Å²) in [5, 5.41) is 0. The fourth-order valence-electron chi connectivity index (χ4n) is 1.71. The number of hydrogen-bond donors (Lipinski definition) is 2. The zero-order valence-electron chi connectivity index (χ0n) is 11.8. The first-order valence-electron chi connectivity index (χ1n) is 6.29. The molecule has 1 heterocycles. The van der Waals surface area contributed by atoms with Gasteiger partial charge in [0.25, 0.3) is 0 Å². The number of rotatable bonds is 6. The molecule has 0 saturated heterocycles. The molecule has 0 spiro atoms. The van der Waals surface area contributed by atoms with E-state index < -0.39 is 19.2 Å².